The Bertz CT molecular complexity index is 1020. The second-order valence-corrected chi connectivity index (χ2v) is 7.81. The SMILES string of the molecule is CCCNC(=O)c1cc(C2CCCN(Cc3ccc4cc(OC)ccc4n3)C2)no1. The molecule has 7 nitrogen and oxygen atoms in total. The minimum atomic E-state index is -0.194. The first-order chi connectivity index (χ1) is 14.7. The van der Waals surface area contributed by atoms with Crippen molar-refractivity contribution in [1.29, 1.82) is 0 Å². The van der Waals surface area contributed by atoms with Crippen LogP contribution in [0.3, 0.4) is 0 Å². The molecule has 158 valence electrons. The first kappa shape index (κ1) is 20.3. The Labute approximate surface area is 176 Å². The molecule has 1 saturated heterocycles. The van der Waals surface area contributed by atoms with E-state index in [0.717, 1.165) is 66.9 Å². The number of aromatic nitrogens is 2. The quantitative estimate of drug-likeness (QED) is 0.641. The molecule has 2 aromatic heterocycles. The van der Waals surface area contributed by atoms with Gasteiger partial charge in [-0.25, -0.2) is 0 Å². The molecule has 4 rings (SSSR count). The fraction of sp³-hybridized carbons (Fsp3) is 0.435. The standard InChI is InChI=1S/C23H28N4O3/c1-3-10-24-23(28)22-13-21(26-30-22)17-5-4-11-27(14-17)15-18-7-6-16-12-19(29-2)8-9-20(16)25-18/h6-9,12-13,17H,3-5,10-11,14-15H2,1-2H3,(H,24,28). The summed E-state index contributed by atoms with van der Waals surface area (Å²) in [6, 6.07) is 11.9. The van der Waals surface area contributed by atoms with Crippen LogP contribution in [0.25, 0.3) is 10.9 Å². The Kier molecular flexibility index (Phi) is 6.28. The van der Waals surface area contributed by atoms with Crippen LogP contribution in [0, 0.1) is 0 Å². The number of methoxy groups -OCH3 is 1. The van der Waals surface area contributed by atoms with E-state index in [0.29, 0.717) is 12.3 Å². The van der Waals surface area contributed by atoms with Crippen LogP contribution in [0.1, 0.15) is 54.0 Å². The van der Waals surface area contributed by atoms with Crippen molar-refractivity contribution in [1.82, 2.24) is 20.4 Å². The number of amides is 1. The Morgan fingerprint density at radius 2 is 2.20 bits per heavy atom. The van der Waals surface area contributed by atoms with Crippen LogP contribution in [0.15, 0.2) is 40.9 Å². The third-order valence-electron chi connectivity index (χ3n) is 5.55. The third kappa shape index (κ3) is 4.62. The van der Waals surface area contributed by atoms with E-state index in [1.54, 1.807) is 13.2 Å². The van der Waals surface area contributed by atoms with Crippen molar-refractivity contribution in [2.24, 2.45) is 0 Å². The lowest BCUT2D eigenvalue weighted by Crippen LogP contribution is -2.34. The minimum Gasteiger partial charge on any atom is -0.497 e. The number of carbonyl (C=O) groups is 1. The molecule has 1 fully saturated rings. The van der Waals surface area contributed by atoms with Crippen molar-refractivity contribution in [3.05, 3.63) is 53.5 Å². The number of nitrogens with zero attached hydrogens (tertiary/aromatic N) is 3. The number of piperidine rings is 1. The molecule has 1 aliphatic heterocycles. The highest BCUT2D eigenvalue weighted by Crippen LogP contribution is 2.28. The van der Waals surface area contributed by atoms with E-state index in [4.69, 9.17) is 14.2 Å². The van der Waals surface area contributed by atoms with E-state index in [9.17, 15) is 4.79 Å². The van der Waals surface area contributed by atoms with Crippen LogP contribution in [0.5, 0.6) is 5.75 Å². The molecule has 0 radical (unpaired) electrons. The Morgan fingerprint density at radius 1 is 1.30 bits per heavy atom. The zero-order valence-corrected chi connectivity index (χ0v) is 17.6. The average molecular weight is 409 g/mol. The second-order valence-electron chi connectivity index (χ2n) is 7.81. The Hall–Kier alpha value is -2.93. The number of ether oxygens (including phenoxy) is 1. The summed E-state index contributed by atoms with van der Waals surface area (Å²) < 4.78 is 10.6. The van der Waals surface area contributed by atoms with E-state index >= 15 is 0 Å². The monoisotopic (exact) mass is 408 g/mol. The van der Waals surface area contributed by atoms with Crippen molar-refractivity contribution in [2.75, 3.05) is 26.7 Å². The topological polar surface area (TPSA) is 80.5 Å². The molecule has 0 saturated carbocycles. The normalized spacial score (nSPS) is 17.2. The molecule has 30 heavy (non-hydrogen) atoms. The molecule has 1 N–H and O–H groups in total. The van der Waals surface area contributed by atoms with Crippen molar-refractivity contribution >= 4 is 16.8 Å². The van der Waals surface area contributed by atoms with Gasteiger partial charge in [-0.05, 0) is 50.1 Å². The highest BCUT2D eigenvalue weighted by molar-refractivity contribution is 5.91. The number of rotatable bonds is 7. The summed E-state index contributed by atoms with van der Waals surface area (Å²) in [5.74, 6) is 1.20. The van der Waals surface area contributed by atoms with Crippen molar-refractivity contribution in [3.8, 4) is 5.75 Å². The largest absolute Gasteiger partial charge is 0.497 e. The van der Waals surface area contributed by atoms with Gasteiger partial charge in [-0.2, -0.15) is 0 Å². The van der Waals surface area contributed by atoms with E-state index in [1.807, 2.05) is 25.1 Å². The number of benzene rings is 1. The fourth-order valence-electron chi connectivity index (χ4n) is 3.94. The highest BCUT2D eigenvalue weighted by atomic mass is 16.5. The molecular weight excluding hydrogens is 380 g/mol. The molecule has 1 amide bonds. The highest BCUT2D eigenvalue weighted by Gasteiger charge is 2.25. The van der Waals surface area contributed by atoms with Gasteiger partial charge in [0.15, 0.2) is 0 Å². The molecule has 3 aromatic rings. The zero-order valence-electron chi connectivity index (χ0n) is 17.6. The van der Waals surface area contributed by atoms with Crippen LogP contribution in [0.2, 0.25) is 0 Å². The van der Waals surface area contributed by atoms with Gasteiger partial charge < -0.3 is 14.6 Å². The number of hydrogen-bond acceptors (Lipinski definition) is 6. The number of likely N-dealkylation sites (tertiary alicyclic amines) is 1. The molecule has 0 bridgehead atoms. The van der Waals surface area contributed by atoms with Crippen molar-refractivity contribution in [3.63, 3.8) is 0 Å². The van der Waals surface area contributed by atoms with Gasteiger partial charge in [-0.3, -0.25) is 14.7 Å². The molecule has 1 aromatic carbocycles. The van der Waals surface area contributed by atoms with Gasteiger partial charge in [0.25, 0.3) is 5.91 Å². The lowest BCUT2D eigenvalue weighted by Gasteiger charge is -2.31. The van der Waals surface area contributed by atoms with Gasteiger partial charge >= 0.3 is 0 Å². The molecule has 0 aliphatic carbocycles. The lowest BCUT2D eigenvalue weighted by atomic mass is 9.94. The van der Waals surface area contributed by atoms with Crippen LogP contribution in [-0.4, -0.2) is 47.7 Å². The predicted octanol–water partition coefficient (Wildman–Crippen LogP) is 3.75. The summed E-state index contributed by atoms with van der Waals surface area (Å²) in [5.41, 5.74) is 2.88. The maximum atomic E-state index is 12.1. The first-order valence-corrected chi connectivity index (χ1v) is 10.6. The van der Waals surface area contributed by atoms with E-state index in [1.165, 1.54) is 0 Å². The first-order valence-electron chi connectivity index (χ1n) is 10.6. The fourth-order valence-corrected chi connectivity index (χ4v) is 3.94. The maximum absolute atomic E-state index is 12.1. The summed E-state index contributed by atoms with van der Waals surface area (Å²) in [5, 5.41) is 8.08. The molecular formula is C23H28N4O3. The number of pyridine rings is 1. The van der Waals surface area contributed by atoms with Crippen molar-refractivity contribution in [2.45, 2.75) is 38.6 Å². The van der Waals surface area contributed by atoms with Gasteiger partial charge in [-0.1, -0.05) is 18.1 Å². The Morgan fingerprint density at radius 3 is 3.03 bits per heavy atom. The zero-order chi connectivity index (χ0) is 20.9. The summed E-state index contributed by atoms with van der Waals surface area (Å²) in [6.07, 6.45) is 3.02. The summed E-state index contributed by atoms with van der Waals surface area (Å²) in [4.78, 5) is 19.3. The van der Waals surface area contributed by atoms with Gasteiger partial charge in [0.1, 0.15) is 5.75 Å². The van der Waals surface area contributed by atoms with Crippen LogP contribution < -0.4 is 10.1 Å². The number of hydrogen-bond donors (Lipinski definition) is 1. The second kappa shape index (κ2) is 9.26. The summed E-state index contributed by atoms with van der Waals surface area (Å²) in [6.45, 7) is 5.35. The average Bonchev–Trinajstić information content (AvgIpc) is 3.28. The maximum Gasteiger partial charge on any atom is 0.289 e. The molecule has 3 heterocycles. The molecule has 0 spiro atoms. The van der Waals surface area contributed by atoms with E-state index in [-0.39, 0.29) is 11.8 Å². The van der Waals surface area contributed by atoms with E-state index < -0.39 is 0 Å². The van der Waals surface area contributed by atoms with Crippen LogP contribution >= 0.6 is 0 Å². The summed E-state index contributed by atoms with van der Waals surface area (Å²) >= 11 is 0. The minimum absolute atomic E-state index is 0.194. The number of nitrogens with one attached hydrogen (secondary N) is 1. The van der Waals surface area contributed by atoms with Gasteiger partial charge in [0.05, 0.1) is 24.0 Å². The van der Waals surface area contributed by atoms with Gasteiger partial charge in [-0.15, -0.1) is 0 Å². The Balaban J connectivity index is 1.41. The number of fused-ring (bicyclic) bond motifs is 1. The lowest BCUT2D eigenvalue weighted by molar-refractivity contribution is 0.0916. The van der Waals surface area contributed by atoms with Gasteiger partial charge in [0.2, 0.25) is 5.76 Å². The third-order valence-corrected chi connectivity index (χ3v) is 5.55. The molecule has 1 unspecified atom stereocenters. The summed E-state index contributed by atoms with van der Waals surface area (Å²) in [7, 11) is 1.67. The molecule has 1 aliphatic rings. The molecule has 1 atom stereocenters. The van der Waals surface area contributed by atoms with Gasteiger partial charge in [0, 0.05) is 37.0 Å². The smallest absolute Gasteiger partial charge is 0.289 e. The van der Waals surface area contributed by atoms with Crippen LogP contribution in [-0.2, 0) is 6.54 Å². The van der Waals surface area contributed by atoms with Crippen LogP contribution in [0.4, 0.5) is 0 Å². The predicted molar refractivity (Wildman–Crippen MR) is 115 cm³/mol. The molecule has 7 heteroatoms. The van der Waals surface area contributed by atoms with E-state index in [2.05, 4.69) is 27.5 Å². The number of carbonyl (C=O) groups excluding carboxylic acids is 1. The van der Waals surface area contributed by atoms with Crippen molar-refractivity contribution < 1.29 is 14.1 Å².